The molecular weight excluding hydrogens is 176 g/mol. The van der Waals surface area contributed by atoms with E-state index in [0.29, 0.717) is 25.9 Å². The lowest BCUT2D eigenvalue weighted by atomic mass is 9.79. The van der Waals surface area contributed by atoms with Gasteiger partial charge < -0.3 is 4.74 Å². The van der Waals surface area contributed by atoms with Gasteiger partial charge in [0.2, 0.25) is 0 Å². The Bertz CT molecular complexity index is 237. The molecule has 0 N–H and O–H groups in total. The number of carbonyl (C=O) groups is 1. The van der Waals surface area contributed by atoms with Gasteiger partial charge in [-0.2, -0.15) is 0 Å². The quantitative estimate of drug-likeness (QED) is 0.369. The van der Waals surface area contributed by atoms with Gasteiger partial charge in [-0.25, -0.2) is 0 Å². The highest BCUT2D eigenvalue weighted by Gasteiger charge is 2.35. The maximum atomic E-state index is 11.7. The lowest BCUT2D eigenvalue weighted by Gasteiger charge is -2.26. The first-order chi connectivity index (χ1) is 6.66. The van der Waals surface area contributed by atoms with Gasteiger partial charge in [-0.05, 0) is 19.8 Å². The van der Waals surface area contributed by atoms with Gasteiger partial charge in [-0.1, -0.05) is 13.0 Å². The third-order valence-corrected chi connectivity index (χ3v) is 2.36. The third-order valence-electron chi connectivity index (χ3n) is 2.36. The van der Waals surface area contributed by atoms with E-state index in [1.54, 1.807) is 13.0 Å². The van der Waals surface area contributed by atoms with Crippen molar-refractivity contribution in [1.82, 2.24) is 0 Å². The van der Waals surface area contributed by atoms with Gasteiger partial charge >= 0.3 is 5.97 Å². The molecular formula is C12H18O2. The second-order valence-electron chi connectivity index (χ2n) is 3.23. The van der Waals surface area contributed by atoms with Crippen molar-refractivity contribution in [3.63, 3.8) is 0 Å². The van der Waals surface area contributed by atoms with E-state index in [4.69, 9.17) is 11.2 Å². The number of allylic oxidation sites excluding steroid dienone is 1. The van der Waals surface area contributed by atoms with Crippen LogP contribution < -0.4 is 0 Å². The number of esters is 1. The summed E-state index contributed by atoms with van der Waals surface area (Å²) >= 11 is 0. The van der Waals surface area contributed by atoms with Crippen molar-refractivity contribution >= 4 is 5.97 Å². The zero-order chi connectivity index (χ0) is 11.0. The molecule has 0 aromatic carbocycles. The van der Waals surface area contributed by atoms with Crippen molar-refractivity contribution in [2.75, 3.05) is 6.61 Å². The first-order valence-electron chi connectivity index (χ1n) is 4.88. The lowest BCUT2D eigenvalue weighted by Crippen LogP contribution is -2.31. The smallest absolute Gasteiger partial charge is 0.313 e. The normalized spacial score (nSPS) is 13.8. The molecule has 0 fully saturated rings. The van der Waals surface area contributed by atoms with Crippen molar-refractivity contribution in [3.8, 4) is 12.3 Å². The third kappa shape index (κ3) is 2.92. The lowest BCUT2D eigenvalue weighted by molar-refractivity contribution is -0.155. The minimum Gasteiger partial charge on any atom is -0.466 e. The number of hydrogen-bond donors (Lipinski definition) is 0. The molecule has 0 aliphatic rings. The maximum Gasteiger partial charge on any atom is 0.313 e. The second-order valence-corrected chi connectivity index (χ2v) is 3.23. The van der Waals surface area contributed by atoms with E-state index in [-0.39, 0.29) is 5.97 Å². The van der Waals surface area contributed by atoms with Crippen LogP contribution in [0.4, 0.5) is 0 Å². The summed E-state index contributed by atoms with van der Waals surface area (Å²) in [5.74, 6) is 2.33. The Labute approximate surface area is 86.3 Å². The fraction of sp³-hybridized carbons (Fsp3) is 0.583. The minimum absolute atomic E-state index is 0.208. The van der Waals surface area contributed by atoms with Gasteiger partial charge in [0.05, 0.1) is 12.0 Å². The van der Waals surface area contributed by atoms with Crippen LogP contribution in [-0.2, 0) is 9.53 Å². The van der Waals surface area contributed by atoms with Crippen molar-refractivity contribution in [2.45, 2.75) is 33.1 Å². The van der Waals surface area contributed by atoms with Crippen molar-refractivity contribution < 1.29 is 9.53 Å². The zero-order valence-electron chi connectivity index (χ0n) is 9.01. The number of rotatable bonds is 6. The van der Waals surface area contributed by atoms with E-state index < -0.39 is 5.41 Å². The molecule has 0 radical (unpaired) electrons. The molecule has 0 spiro atoms. The van der Waals surface area contributed by atoms with Crippen LogP contribution in [0, 0.1) is 17.8 Å². The fourth-order valence-electron chi connectivity index (χ4n) is 1.40. The van der Waals surface area contributed by atoms with E-state index >= 15 is 0 Å². The molecule has 0 aromatic rings. The van der Waals surface area contributed by atoms with E-state index in [1.165, 1.54) is 0 Å². The molecule has 0 heterocycles. The highest BCUT2D eigenvalue weighted by Crippen LogP contribution is 2.32. The Morgan fingerprint density at radius 3 is 2.64 bits per heavy atom. The number of carbonyl (C=O) groups excluding carboxylic acids is 1. The summed E-state index contributed by atoms with van der Waals surface area (Å²) < 4.78 is 5.02. The standard InChI is InChI=1S/C12H18O2/c1-5-9-12(7-3,10-6-2)11(13)14-8-4/h1,6H,2,7-10H2,3-4H3. The topological polar surface area (TPSA) is 26.3 Å². The summed E-state index contributed by atoms with van der Waals surface area (Å²) in [5.41, 5.74) is -0.563. The predicted molar refractivity (Wildman–Crippen MR) is 57.6 cm³/mol. The van der Waals surface area contributed by atoms with Crippen molar-refractivity contribution in [3.05, 3.63) is 12.7 Å². The van der Waals surface area contributed by atoms with Gasteiger partial charge in [0.1, 0.15) is 0 Å². The van der Waals surface area contributed by atoms with Gasteiger partial charge in [0.15, 0.2) is 0 Å². The molecule has 14 heavy (non-hydrogen) atoms. The van der Waals surface area contributed by atoms with Crippen LogP contribution in [0.1, 0.15) is 33.1 Å². The molecule has 0 aliphatic carbocycles. The highest BCUT2D eigenvalue weighted by molar-refractivity contribution is 5.77. The van der Waals surface area contributed by atoms with E-state index in [1.807, 2.05) is 6.92 Å². The molecule has 0 bridgehead atoms. The van der Waals surface area contributed by atoms with Crippen molar-refractivity contribution in [2.24, 2.45) is 5.41 Å². The molecule has 0 saturated carbocycles. The number of hydrogen-bond acceptors (Lipinski definition) is 2. The zero-order valence-corrected chi connectivity index (χ0v) is 9.01. The van der Waals surface area contributed by atoms with E-state index in [9.17, 15) is 4.79 Å². The molecule has 1 atom stereocenters. The summed E-state index contributed by atoms with van der Waals surface area (Å²) in [6, 6.07) is 0. The Balaban J connectivity index is 4.73. The Hall–Kier alpha value is -1.23. The average molecular weight is 194 g/mol. The van der Waals surface area contributed by atoms with Crippen LogP contribution in [0.15, 0.2) is 12.7 Å². The monoisotopic (exact) mass is 194 g/mol. The molecule has 0 aliphatic heterocycles. The summed E-state index contributed by atoms with van der Waals surface area (Å²) in [5, 5.41) is 0. The largest absolute Gasteiger partial charge is 0.466 e. The molecule has 1 unspecified atom stereocenters. The highest BCUT2D eigenvalue weighted by atomic mass is 16.5. The fourth-order valence-corrected chi connectivity index (χ4v) is 1.40. The summed E-state index contributed by atoms with van der Waals surface area (Å²) in [7, 11) is 0. The predicted octanol–water partition coefficient (Wildman–Crippen LogP) is 2.55. The molecule has 0 rings (SSSR count). The summed E-state index contributed by atoms with van der Waals surface area (Å²) in [6.45, 7) is 7.77. The Morgan fingerprint density at radius 2 is 2.29 bits per heavy atom. The second kappa shape index (κ2) is 6.26. The van der Waals surface area contributed by atoms with Crippen LogP contribution in [0.2, 0.25) is 0 Å². The molecule has 0 amide bonds. The average Bonchev–Trinajstić information content (AvgIpc) is 2.17. The van der Waals surface area contributed by atoms with Gasteiger partial charge in [-0.3, -0.25) is 4.79 Å². The molecule has 2 heteroatoms. The first-order valence-corrected chi connectivity index (χ1v) is 4.88. The van der Waals surface area contributed by atoms with Crippen LogP contribution in [-0.4, -0.2) is 12.6 Å². The van der Waals surface area contributed by atoms with Crippen LogP contribution in [0.5, 0.6) is 0 Å². The first kappa shape index (κ1) is 12.8. The van der Waals surface area contributed by atoms with Crippen LogP contribution >= 0.6 is 0 Å². The Morgan fingerprint density at radius 1 is 1.64 bits per heavy atom. The Kier molecular flexibility index (Phi) is 5.71. The van der Waals surface area contributed by atoms with Crippen molar-refractivity contribution in [1.29, 1.82) is 0 Å². The number of ether oxygens (including phenoxy) is 1. The van der Waals surface area contributed by atoms with E-state index in [0.717, 1.165) is 0 Å². The molecule has 0 saturated heterocycles. The number of terminal acetylenes is 1. The van der Waals surface area contributed by atoms with Crippen LogP contribution in [0.3, 0.4) is 0 Å². The molecule has 78 valence electrons. The SMILES string of the molecule is C#CCC(CC)(CC=C)C(=O)OCC. The van der Waals surface area contributed by atoms with Gasteiger partial charge in [-0.15, -0.1) is 18.9 Å². The van der Waals surface area contributed by atoms with Gasteiger partial charge in [0, 0.05) is 6.42 Å². The van der Waals surface area contributed by atoms with E-state index in [2.05, 4.69) is 12.5 Å². The maximum absolute atomic E-state index is 11.7. The minimum atomic E-state index is -0.563. The summed E-state index contributed by atoms with van der Waals surface area (Å²) in [4.78, 5) is 11.7. The van der Waals surface area contributed by atoms with Gasteiger partial charge in [0.25, 0.3) is 0 Å². The van der Waals surface area contributed by atoms with Crippen LogP contribution in [0.25, 0.3) is 0 Å². The molecule has 2 nitrogen and oxygen atoms in total. The molecule has 0 aromatic heterocycles. The summed E-state index contributed by atoms with van der Waals surface area (Å²) in [6.07, 6.45) is 8.65.